The lowest BCUT2D eigenvalue weighted by Crippen LogP contribution is -1.93. The molecule has 0 radical (unpaired) electrons. The van der Waals surface area contributed by atoms with Gasteiger partial charge in [0.05, 0.1) is 5.69 Å². The van der Waals surface area contributed by atoms with E-state index >= 15 is 0 Å². The van der Waals surface area contributed by atoms with Gasteiger partial charge in [-0.2, -0.15) is 5.10 Å². The van der Waals surface area contributed by atoms with E-state index in [4.69, 9.17) is 4.42 Å². The van der Waals surface area contributed by atoms with Crippen molar-refractivity contribution in [1.82, 2.24) is 9.78 Å². The largest absolute Gasteiger partial charge is 0.454 e. The first-order chi connectivity index (χ1) is 10.3. The molecular formula is C17H11BrN2O. The summed E-state index contributed by atoms with van der Waals surface area (Å²) in [6.07, 6.45) is 1.94. The van der Waals surface area contributed by atoms with E-state index in [9.17, 15) is 0 Å². The van der Waals surface area contributed by atoms with Gasteiger partial charge in [-0.1, -0.05) is 34.1 Å². The molecule has 0 aliphatic rings. The topological polar surface area (TPSA) is 31.0 Å². The van der Waals surface area contributed by atoms with Gasteiger partial charge in [-0.3, -0.25) is 0 Å². The standard InChI is InChI=1S/C17H11BrN2O/c18-13-6-7-16-12(10-13)11-17(21-16)15-8-9-20(19-15)14-4-2-1-3-5-14/h1-11H. The van der Waals surface area contributed by atoms with E-state index in [0.29, 0.717) is 0 Å². The Morgan fingerprint density at radius 3 is 2.67 bits per heavy atom. The highest BCUT2D eigenvalue weighted by atomic mass is 79.9. The maximum Gasteiger partial charge on any atom is 0.155 e. The molecule has 4 heteroatoms. The number of rotatable bonds is 2. The summed E-state index contributed by atoms with van der Waals surface area (Å²) in [7, 11) is 0. The van der Waals surface area contributed by atoms with Crippen LogP contribution >= 0.6 is 15.9 Å². The number of benzene rings is 2. The van der Waals surface area contributed by atoms with E-state index in [1.54, 1.807) is 0 Å². The van der Waals surface area contributed by atoms with Gasteiger partial charge in [0.2, 0.25) is 0 Å². The highest BCUT2D eigenvalue weighted by Crippen LogP contribution is 2.29. The maximum absolute atomic E-state index is 5.86. The molecule has 0 aliphatic heterocycles. The third-order valence-corrected chi connectivity index (χ3v) is 3.83. The van der Waals surface area contributed by atoms with Crippen LogP contribution in [0.4, 0.5) is 0 Å². The quantitative estimate of drug-likeness (QED) is 0.512. The number of para-hydroxylation sites is 1. The van der Waals surface area contributed by atoms with Gasteiger partial charge in [0.15, 0.2) is 5.76 Å². The average Bonchev–Trinajstić information content (AvgIpc) is 3.14. The van der Waals surface area contributed by atoms with E-state index in [1.807, 2.05) is 71.5 Å². The number of fused-ring (bicyclic) bond motifs is 1. The number of halogens is 1. The lowest BCUT2D eigenvalue weighted by molar-refractivity contribution is 0.627. The fraction of sp³-hybridized carbons (Fsp3) is 0. The van der Waals surface area contributed by atoms with Crippen LogP contribution in [0.1, 0.15) is 0 Å². The molecule has 0 saturated carbocycles. The van der Waals surface area contributed by atoms with Crippen LogP contribution in [-0.4, -0.2) is 9.78 Å². The second-order valence-corrected chi connectivity index (χ2v) is 5.69. The van der Waals surface area contributed by atoms with E-state index in [1.165, 1.54) is 0 Å². The van der Waals surface area contributed by atoms with E-state index in [-0.39, 0.29) is 0 Å². The molecule has 0 saturated heterocycles. The van der Waals surface area contributed by atoms with Gasteiger partial charge in [-0.05, 0) is 42.5 Å². The summed E-state index contributed by atoms with van der Waals surface area (Å²) in [5.41, 5.74) is 2.72. The van der Waals surface area contributed by atoms with Crippen LogP contribution in [0.25, 0.3) is 28.1 Å². The molecule has 0 aliphatic carbocycles. The van der Waals surface area contributed by atoms with Crippen molar-refractivity contribution in [2.24, 2.45) is 0 Å². The zero-order valence-electron chi connectivity index (χ0n) is 11.0. The predicted octanol–water partition coefficient (Wildman–Crippen LogP) is 5.05. The lowest BCUT2D eigenvalue weighted by Gasteiger charge is -1.99. The summed E-state index contributed by atoms with van der Waals surface area (Å²) in [5.74, 6) is 0.776. The minimum absolute atomic E-state index is 0.776. The third-order valence-electron chi connectivity index (χ3n) is 3.34. The number of hydrogen-bond acceptors (Lipinski definition) is 2. The zero-order valence-corrected chi connectivity index (χ0v) is 12.6. The Morgan fingerprint density at radius 1 is 0.952 bits per heavy atom. The van der Waals surface area contributed by atoms with Crippen LogP contribution in [0.2, 0.25) is 0 Å². The Kier molecular flexibility index (Phi) is 2.89. The Balaban J connectivity index is 1.77. The van der Waals surface area contributed by atoms with Crippen molar-refractivity contribution in [3.63, 3.8) is 0 Å². The van der Waals surface area contributed by atoms with Crippen molar-refractivity contribution < 1.29 is 4.42 Å². The highest BCUT2D eigenvalue weighted by Gasteiger charge is 2.10. The molecule has 2 aromatic heterocycles. The van der Waals surface area contributed by atoms with Crippen LogP contribution in [-0.2, 0) is 0 Å². The second-order valence-electron chi connectivity index (χ2n) is 4.77. The summed E-state index contributed by atoms with van der Waals surface area (Å²) < 4.78 is 8.75. The molecule has 0 spiro atoms. The minimum atomic E-state index is 0.776. The van der Waals surface area contributed by atoms with Crippen molar-refractivity contribution >= 4 is 26.9 Å². The Hall–Kier alpha value is -2.33. The molecule has 0 bridgehead atoms. The Labute approximate surface area is 129 Å². The van der Waals surface area contributed by atoms with Crippen molar-refractivity contribution in [1.29, 1.82) is 0 Å². The molecule has 2 heterocycles. The molecular weight excluding hydrogens is 328 g/mol. The van der Waals surface area contributed by atoms with Crippen LogP contribution in [0.5, 0.6) is 0 Å². The fourth-order valence-corrected chi connectivity index (χ4v) is 2.70. The molecule has 3 nitrogen and oxygen atoms in total. The predicted molar refractivity (Wildman–Crippen MR) is 86.5 cm³/mol. The lowest BCUT2D eigenvalue weighted by atomic mass is 10.2. The monoisotopic (exact) mass is 338 g/mol. The van der Waals surface area contributed by atoms with Gasteiger partial charge in [0.1, 0.15) is 11.3 Å². The molecule has 0 amide bonds. The van der Waals surface area contributed by atoms with E-state index in [0.717, 1.165) is 32.6 Å². The summed E-state index contributed by atoms with van der Waals surface area (Å²) in [5, 5.41) is 5.64. The molecule has 0 atom stereocenters. The van der Waals surface area contributed by atoms with Crippen molar-refractivity contribution in [2.45, 2.75) is 0 Å². The van der Waals surface area contributed by atoms with E-state index in [2.05, 4.69) is 21.0 Å². The number of hydrogen-bond donors (Lipinski definition) is 0. The number of nitrogens with zero attached hydrogens (tertiary/aromatic N) is 2. The van der Waals surface area contributed by atoms with Crippen LogP contribution in [0.15, 0.2) is 75.8 Å². The third kappa shape index (κ3) is 2.28. The summed E-state index contributed by atoms with van der Waals surface area (Å²) in [6, 6.07) is 20.0. The van der Waals surface area contributed by atoms with Gasteiger partial charge in [0.25, 0.3) is 0 Å². The smallest absolute Gasteiger partial charge is 0.155 e. The fourth-order valence-electron chi connectivity index (χ4n) is 2.32. The van der Waals surface area contributed by atoms with Crippen molar-refractivity contribution in [3.05, 3.63) is 71.3 Å². The summed E-state index contributed by atoms with van der Waals surface area (Å²) >= 11 is 3.47. The van der Waals surface area contributed by atoms with Gasteiger partial charge >= 0.3 is 0 Å². The Bertz CT molecular complexity index is 909. The first-order valence-electron chi connectivity index (χ1n) is 6.60. The molecule has 0 unspecified atom stereocenters. The van der Waals surface area contributed by atoms with Gasteiger partial charge in [0, 0.05) is 16.1 Å². The number of aromatic nitrogens is 2. The zero-order chi connectivity index (χ0) is 14.2. The molecule has 102 valence electrons. The normalized spacial score (nSPS) is 11.1. The van der Waals surface area contributed by atoms with Gasteiger partial charge in [-0.25, -0.2) is 4.68 Å². The molecule has 4 rings (SSSR count). The molecule has 4 aromatic rings. The maximum atomic E-state index is 5.86. The van der Waals surface area contributed by atoms with Gasteiger partial charge < -0.3 is 4.42 Å². The first-order valence-corrected chi connectivity index (χ1v) is 7.39. The first kappa shape index (κ1) is 12.4. The summed E-state index contributed by atoms with van der Waals surface area (Å²) in [4.78, 5) is 0. The van der Waals surface area contributed by atoms with Gasteiger partial charge in [-0.15, -0.1) is 0 Å². The van der Waals surface area contributed by atoms with Crippen molar-refractivity contribution in [2.75, 3.05) is 0 Å². The highest BCUT2D eigenvalue weighted by molar-refractivity contribution is 9.10. The molecule has 2 aromatic carbocycles. The SMILES string of the molecule is Brc1ccc2oc(-c3ccn(-c4ccccc4)n3)cc2c1. The number of furan rings is 1. The molecule has 0 N–H and O–H groups in total. The minimum Gasteiger partial charge on any atom is -0.454 e. The van der Waals surface area contributed by atoms with Crippen LogP contribution < -0.4 is 0 Å². The van der Waals surface area contributed by atoms with E-state index < -0.39 is 0 Å². The molecule has 0 fully saturated rings. The van der Waals surface area contributed by atoms with Crippen LogP contribution in [0.3, 0.4) is 0 Å². The summed E-state index contributed by atoms with van der Waals surface area (Å²) in [6.45, 7) is 0. The van der Waals surface area contributed by atoms with Crippen LogP contribution in [0, 0.1) is 0 Å². The second kappa shape index (κ2) is 4.90. The average molecular weight is 339 g/mol. The molecule has 21 heavy (non-hydrogen) atoms. The Morgan fingerprint density at radius 2 is 1.81 bits per heavy atom. The van der Waals surface area contributed by atoms with Crippen molar-refractivity contribution in [3.8, 4) is 17.1 Å².